The summed E-state index contributed by atoms with van der Waals surface area (Å²) in [7, 11) is -4.32. The second-order valence-corrected chi connectivity index (χ2v) is 13.1. The molecule has 1 aromatic heterocycles. The van der Waals surface area contributed by atoms with E-state index in [0.29, 0.717) is 6.29 Å². The van der Waals surface area contributed by atoms with E-state index in [1.54, 1.807) is 7.05 Å². The van der Waals surface area contributed by atoms with Crippen LogP contribution in [0.5, 0.6) is 0 Å². The maximum absolute atomic E-state index is 12.3. The van der Waals surface area contributed by atoms with Crippen molar-refractivity contribution in [2.24, 2.45) is 7.05 Å². The lowest BCUT2D eigenvalue weighted by Crippen LogP contribution is -2.54. The highest BCUT2D eigenvalue weighted by Crippen LogP contribution is 2.34. The van der Waals surface area contributed by atoms with Crippen molar-refractivity contribution in [1.29, 1.82) is 0 Å². The van der Waals surface area contributed by atoms with Crippen molar-refractivity contribution < 1.29 is 13.2 Å². The Morgan fingerprint density at radius 3 is 2.26 bits per heavy atom. The predicted octanol–water partition coefficient (Wildman–Crippen LogP) is 1.52. The highest BCUT2D eigenvalue weighted by molar-refractivity contribution is 7.90. The van der Waals surface area contributed by atoms with Crippen molar-refractivity contribution in [3.63, 3.8) is 0 Å². The van der Waals surface area contributed by atoms with Gasteiger partial charge in [0.2, 0.25) is 0 Å². The summed E-state index contributed by atoms with van der Waals surface area (Å²) in [5.74, 6) is 0.0932. The van der Waals surface area contributed by atoms with E-state index >= 15 is 0 Å². The number of imidazole rings is 1. The molecule has 1 heterocycles. The van der Waals surface area contributed by atoms with E-state index in [-0.39, 0.29) is 15.9 Å². The molecular weight excluding hydrogens is 282 g/mol. The molecule has 0 radical (unpaired) electrons. The van der Waals surface area contributed by atoms with Crippen LogP contribution in [0.4, 0.5) is 0 Å². The van der Waals surface area contributed by atoms with E-state index in [9.17, 15) is 13.2 Å². The molecule has 19 heavy (non-hydrogen) atoms. The Hall–Kier alpha value is -0.993. The third-order valence-corrected chi connectivity index (χ3v) is 11.1. The van der Waals surface area contributed by atoms with Crippen molar-refractivity contribution in [3.05, 3.63) is 12.0 Å². The van der Waals surface area contributed by atoms with Crippen LogP contribution in [0.15, 0.2) is 11.2 Å². The highest BCUT2D eigenvalue weighted by atomic mass is 32.2. The van der Waals surface area contributed by atoms with E-state index in [0.717, 1.165) is 0 Å². The molecule has 0 spiro atoms. The normalized spacial score (nSPS) is 13.6. The lowest BCUT2D eigenvalue weighted by atomic mass is 10.2. The molecule has 0 aliphatic heterocycles. The fraction of sp³-hybridized carbons (Fsp3) is 0.636. The molecule has 0 unspecified atom stereocenters. The summed E-state index contributed by atoms with van der Waals surface area (Å²) in [6.07, 6.45) is 1.88. The van der Waals surface area contributed by atoms with E-state index in [1.807, 2.05) is 33.9 Å². The van der Waals surface area contributed by atoms with E-state index in [4.69, 9.17) is 0 Å². The molecule has 0 saturated carbocycles. The van der Waals surface area contributed by atoms with Gasteiger partial charge in [-0.25, -0.2) is 17.8 Å². The van der Waals surface area contributed by atoms with Gasteiger partial charge in [0.25, 0.3) is 10.0 Å². The minimum Gasteiger partial charge on any atom is -0.330 e. The zero-order chi connectivity index (χ0) is 15.1. The summed E-state index contributed by atoms with van der Waals surface area (Å²) in [6, 6.07) is 0. The van der Waals surface area contributed by atoms with Crippen molar-refractivity contribution >= 4 is 24.5 Å². The number of aryl methyl sites for hydroxylation is 1. The minimum absolute atomic E-state index is 0.0932. The Labute approximate surface area is 115 Å². The maximum Gasteiger partial charge on any atom is 0.253 e. The smallest absolute Gasteiger partial charge is 0.253 e. The summed E-state index contributed by atoms with van der Waals surface area (Å²) in [5, 5.41) is -0.232. The molecule has 6 nitrogen and oxygen atoms in total. The number of nitrogens with one attached hydrogen (secondary N) is 1. The Balaban J connectivity index is 3.15. The Kier molecular flexibility index (Phi) is 4.09. The Morgan fingerprint density at radius 1 is 1.37 bits per heavy atom. The van der Waals surface area contributed by atoms with Gasteiger partial charge in [0, 0.05) is 13.2 Å². The summed E-state index contributed by atoms with van der Waals surface area (Å²) in [5.41, 5.74) is 0. The van der Waals surface area contributed by atoms with Crippen molar-refractivity contribution in [3.8, 4) is 0 Å². The first-order chi connectivity index (χ1) is 8.40. The molecule has 1 rings (SSSR count). The molecule has 0 amide bonds. The minimum atomic E-state index is -3.69. The molecule has 0 fully saturated rings. The zero-order valence-corrected chi connectivity index (χ0v) is 14.0. The first-order valence-corrected chi connectivity index (χ1v) is 10.4. The summed E-state index contributed by atoms with van der Waals surface area (Å²) >= 11 is 0. The molecule has 0 aromatic carbocycles. The van der Waals surface area contributed by atoms with Gasteiger partial charge in [-0.2, -0.15) is 0 Å². The number of aromatic nitrogens is 2. The van der Waals surface area contributed by atoms with Crippen molar-refractivity contribution in [2.45, 2.75) is 43.9 Å². The van der Waals surface area contributed by atoms with Crippen LogP contribution in [-0.2, 0) is 17.1 Å². The lowest BCUT2D eigenvalue weighted by molar-refractivity contribution is 0.111. The number of hydrogen-bond acceptors (Lipinski definition) is 4. The molecule has 0 aliphatic carbocycles. The van der Waals surface area contributed by atoms with Gasteiger partial charge in [0.15, 0.2) is 17.1 Å². The monoisotopic (exact) mass is 303 g/mol. The van der Waals surface area contributed by atoms with E-state index in [1.165, 1.54) is 10.8 Å². The van der Waals surface area contributed by atoms with E-state index < -0.39 is 18.3 Å². The molecule has 108 valence electrons. The van der Waals surface area contributed by atoms with Gasteiger partial charge in [-0.05, 0) is 5.04 Å². The first-order valence-electron chi connectivity index (χ1n) is 5.93. The maximum atomic E-state index is 12.3. The number of rotatable bonds is 4. The third-order valence-electron chi connectivity index (χ3n) is 3.54. The topological polar surface area (TPSA) is 81.1 Å². The van der Waals surface area contributed by atoms with Crippen LogP contribution in [0.1, 0.15) is 31.4 Å². The van der Waals surface area contributed by atoms with Crippen LogP contribution in [0.3, 0.4) is 0 Å². The summed E-state index contributed by atoms with van der Waals surface area (Å²) in [4.78, 5) is 14.6. The van der Waals surface area contributed by atoms with Gasteiger partial charge >= 0.3 is 0 Å². The fourth-order valence-electron chi connectivity index (χ4n) is 1.23. The number of nitrogens with zero attached hydrogens (tertiary/aromatic N) is 2. The number of sulfonamides is 1. The average Bonchev–Trinajstić information content (AvgIpc) is 2.57. The largest absolute Gasteiger partial charge is 0.330 e. The number of carbonyl (C=O) groups is 1. The van der Waals surface area contributed by atoms with Crippen LogP contribution >= 0.6 is 0 Å². The molecular formula is C11H21N3O3SSi. The molecule has 1 aromatic rings. The van der Waals surface area contributed by atoms with Crippen LogP contribution in [0.2, 0.25) is 18.1 Å². The van der Waals surface area contributed by atoms with Gasteiger partial charge in [0.1, 0.15) is 8.24 Å². The molecule has 8 heteroatoms. The number of hydrogen-bond donors (Lipinski definition) is 1. The van der Waals surface area contributed by atoms with Crippen molar-refractivity contribution in [1.82, 2.24) is 13.9 Å². The van der Waals surface area contributed by atoms with Crippen LogP contribution in [-0.4, -0.2) is 32.5 Å². The van der Waals surface area contributed by atoms with Gasteiger partial charge in [-0.3, -0.25) is 4.79 Å². The lowest BCUT2D eigenvalue weighted by Gasteiger charge is -2.36. The molecule has 0 bridgehead atoms. The van der Waals surface area contributed by atoms with Gasteiger partial charge in [-0.15, -0.1) is 0 Å². The molecule has 0 saturated heterocycles. The number of aldehydes is 1. The van der Waals surface area contributed by atoms with Gasteiger partial charge in [-0.1, -0.05) is 33.9 Å². The predicted molar refractivity (Wildman–Crippen MR) is 76.1 cm³/mol. The third kappa shape index (κ3) is 3.31. The second-order valence-electron chi connectivity index (χ2n) is 6.15. The van der Waals surface area contributed by atoms with Gasteiger partial charge < -0.3 is 4.57 Å². The van der Waals surface area contributed by atoms with Crippen LogP contribution in [0, 0.1) is 0 Å². The Bertz CT molecular complexity index is 585. The quantitative estimate of drug-likeness (QED) is 0.675. The second kappa shape index (κ2) is 4.84. The van der Waals surface area contributed by atoms with Crippen molar-refractivity contribution in [2.75, 3.05) is 0 Å². The highest BCUT2D eigenvalue weighted by Gasteiger charge is 2.40. The molecule has 0 atom stereocenters. The Morgan fingerprint density at radius 2 is 1.89 bits per heavy atom. The van der Waals surface area contributed by atoms with Crippen LogP contribution < -0.4 is 4.39 Å². The molecule has 0 aliphatic rings. The average molecular weight is 303 g/mol. The molecule has 1 N–H and O–H groups in total. The van der Waals surface area contributed by atoms with E-state index in [2.05, 4.69) is 9.37 Å². The van der Waals surface area contributed by atoms with Gasteiger partial charge in [0.05, 0.1) is 0 Å². The fourth-order valence-corrected chi connectivity index (χ4v) is 6.07. The zero-order valence-electron chi connectivity index (χ0n) is 12.2. The number of carbonyl (C=O) groups excluding carboxylic acids is 1. The van der Waals surface area contributed by atoms with Crippen LogP contribution in [0.25, 0.3) is 0 Å². The summed E-state index contributed by atoms with van der Waals surface area (Å²) < 4.78 is 28.8. The SMILES string of the molecule is Cn1cc(S(=O)(=O)N[Si](C)(C)C(C)(C)C)nc1C=O. The standard InChI is InChI=1S/C11H21N3O3SSi/c1-11(2,3)19(5,6)13-18(16,17)10-7-14(4)9(8-15)12-10/h7-8,13H,1-6H3. The first kappa shape index (κ1) is 16.1. The summed E-state index contributed by atoms with van der Waals surface area (Å²) in [6.45, 7) is 9.94.